The van der Waals surface area contributed by atoms with Gasteiger partial charge in [-0.25, -0.2) is 0 Å². The summed E-state index contributed by atoms with van der Waals surface area (Å²) in [6.45, 7) is 2.12. The molecule has 0 radical (unpaired) electrons. The number of aromatic nitrogens is 2. The summed E-state index contributed by atoms with van der Waals surface area (Å²) in [5.74, 6) is 0. The Labute approximate surface area is 103 Å². The third-order valence-electron chi connectivity index (χ3n) is 3.10. The van der Waals surface area contributed by atoms with Gasteiger partial charge in [0, 0.05) is 22.1 Å². The van der Waals surface area contributed by atoms with Crippen molar-refractivity contribution in [3.8, 4) is 0 Å². The lowest BCUT2D eigenvalue weighted by Crippen LogP contribution is -2.26. The second-order valence-corrected chi connectivity index (χ2v) is 5.18. The van der Waals surface area contributed by atoms with E-state index < -0.39 is 0 Å². The highest BCUT2D eigenvalue weighted by Gasteiger charge is 2.15. The van der Waals surface area contributed by atoms with Gasteiger partial charge in [0.1, 0.15) is 5.52 Å². The van der Waals surface area contributed by atoms with E-state index in [4.69, 9.17) is 0 Å². The van der Waals surface area contributed by atoms with Gasteiger partial charge in [-0.1, -0.05) is 12.1 Å². The van der Waals surface area contributed by atoms with Gasteiger partial charge in [-0.05, 0) is 41.4 Å². The van der Waals surface area contributed by atoms with Gasteiger partial charge in [0.05, 0.1) is 6.54 Å². The molecule has 1 saturated heterocycles. The molecule has 3 nitrogen and oxygen atoms in total. The van der Waals surface area contributed by atoms with Crippen LogP contribution in [0.5, 0.6) is 0 Å². The first-order chi connectivity index (χ1) is 7.83. The van der Waals surface area contributed by atoms with E-state index in [1.54, 1.807) is 0 Å². The molecule has 84 valence electrons. The van der Waals surface area contributed by atoms with Crippen LogP contribution in [0.1, 0.15) is 12.8 Å². The van der Waals surface area contributed by atoms with Gasteiger partial charge < -0.3 is 5.32 Å². The molecule has 3 rings (SSSR count). The van der Waals surface area contributed by atoms with E-state index in [0.717, 1.165) is 23.1 Å². The number of fused-ring (bicyclic) bond motifs is 1. The van der Waals surface area contributed by atoms with E-state index in [2.05, 4.69) is 43.3 Å². The summed E-state index contributed by atoms with van der Waals surface area (Å²) in [6.07, 6.45) is 4.67. The van der Waals surface area contributed by atoms with Crippen molar-refractivity contribution in [1.29, 1.82) is 0 Å². The minimum Gasteiger partial charge on any atom is -0.312 e. The van der Waals surface area contributed by atoms with Gasteiger partial charge in [0.25, 0.3) is 0 Å². The van der Waals surface area contributed by atoms with E-state index in [9.17, 15) is 0 Å². The summed E-state index contributed by atoms with van der Waals surface area (Å²) in [4.78, 5) is 0. The number of rotatable bonds is 2. The highest BCUT2D eigenvalue weighted by Crippen LogP contribution is 2.22. The Bertz CT molecular complexity index is 500. The van der Waals surface area contributed by atoms with Gasteiger partial charge in [0.2, 0.25) is 0 Å². The molecule has 1 N–H and O–H groups in total. The molecule has 1 fully saturated rings. The Kier molecular flexibility index (Phi) is 2.69. The van der Waals surface area contributed by atoms with Crippen molar-refractivity contribution in [3.63, 3.8) is 0 Å². The first kappa shape index (κ1) is 10.3. The molecule has 1 atom stereocenters. The predicted octanol–water partition coefficient (Wildman–Crippen LogP) is 2.55. The quantitative estimate of drug-likeness (QED) is 0.916. The largest absolute Gasteiger partial charge is 0.312 e. The lowest BCUT2D eigenvalue weighted by atomic mass is 10.2. The molecule has 0 spiro atoms. The highest BCUT2D eigenvalue weighted by molar-refractivity contribution is 9.10. The summed E-state index contributed by atoms with van der Waals surface area (Å²) < 4.78 is 3.13. The van der Waals surface area contributed by atoms with Crippen LogP contribution in [-0.4, -0.2) is 22.4 Å². The molecule has 16 heavy (non-hydrogen) atoms. The van der Waals surface area contributed by atoms with Crippen LogP contribution in [0.25, 0.3) is 10.9 Å². The summed E-state index contributed by atoms with van der Waals surface area (Å²) in [7, 11) is 0. The molecule has 0 bridgehead atoms. The first-order valence-electron chi connectivity index (χ1n) is 5.68. The Morgan fingerprint density at radius 3 is 3.19 bits per heavy atom. The van der Waals surface area contributed by atoms with Crippen molar-refractivity contribution in [1.82, 2.24) is 15.1 Å². The number of nitrogens with one attached hydrogen (secondary N) is 1. The van der Waals surface area contributed by atoms with Crippen LogP contribution in [0.3, 0.4) is 0 Å². The van der Waals surface area contributed by atoms with Gasteiger partial charge in [-0.15, -0.1) is 0 Å². The molecule has 1 aliphatic heterocycles. The van der Waals surface area contributed by atoms with E-state index in [1.165, 1.54) is 18.2 Å². The third-order valence-corrected chi connectivity index (χ3v) is 3.74. The zero-order valence-corrected chi connectivity index (χ0v) is 10.6. The number of hydrogen-bond donors (Lipinski definition) is 1. The minimum atomic E-state index is 0.591. The molecular weight excluding hydrogens is 266 g/mol. The zero-order valence-electron chi connectivity index (χ0n) is 8.99. The smallest absolute Gasteiger partial charge is 0.106 e. The molecule has 0 amide bonds. The highest BCUT2D eigenvalue weighted by atomic mass is 79.9. The first-order valence-corrected chi connectivity index (χ1v) is 6.47. The Balaban J connectivity index is 1.90. The fraction of sp³-hybridized carbons (Fsp3) is 0.417. The molecule has 0 aliphatic carbocycles. The van der Waals surface area contributed by atoms with Crippen molar-refractivity contribution < 1.29 is 0 Å². The average molecular weight is 280 g/mol. The second-order valence-electron chi connectivity index (χ2n) is 4.32. The fourth-order valence-corrected chi connectivity index (χ4v) is 2.75. The SMILES string of the molecule is Brc1cccc2cn(CC3CCCN3)nc12. The van der Waals surface area contributed by atoms with E-state index in [-0.39, 0.29) is 0 Å². The van der Waals surface area contributed by atoms with Gasteiger partial charge in [0.15, 0.2) is 0 Å². The van der Waals surface area contributed by atoms with Crippen LogP contribution in [0.4, 0.5) is 0 Å². The van der Waals surface area contributed by atoms with Crippen LogP contribution in [0, 0.1) is 0 Å². The lowest BCUT2D eigenvalue weighted by molar-refractivity contribution is 0.478. The number of halogens is 1. The molecule has 2 heterocycles. The maximum Gasteiger partial charge on any atom is 0.106 e. The monoisotopic (exact) mass is 279 g/mol. The molecule has 1 aromatic heterocycles. The van der Waals surface area contributed by atoms with Crippen LogP contribution in [-0.2, 0) is 6.54 Å². The van der Waals surface area contributed by atoms with E-state index >= 15 is 0 Å². The van der Waals surface area contributed by atoms with Crippen molar-refractivity contribution >= 4 is 26.8 Å². The lowest BCUT2D eigenvalue weighted by Gasteiger charge is -2.09. The van der Waals surface area contributed by atoms with Crippen molar-refractivity contribution in [2.45, 2.75) is 25.4 Å². The standard InChI is InChI=1S/C12H14BrN3/c13-11-5-1-3-9-7-16(15-12(9)11)8-10-4-2-6-14-10/h1,3,5,7,10,14H,2,4,6,8H2. The summed E-state index contributed by atoms with van der Waals surface area (Å²) in [6, 6.07) is 6.78. The topological polar surface area (TPSA) is 29.9 Å². The second kappa shape index (κ2) is 4.18. The van der Waals surface area contributed by atoms with Gasteiger partial charge in [-0.3, -0.25) is 4.68 Å². The average Bonchev–Trinajstić information content (AvgIpc) is 2.88. The number of benzene rings is 1. The Morgan fingerprint density at radius 1 is 1.50 bits per heavy atom. The minimum absolute atomic E-state index is 0.591. The maximum absolute atomic E-state index is 4.61. The van der Waals surface area contributed by atoms with Crippen molar-refractivity contribution in [2.75, 3.05) is 6.54 Å². The van der Waals surface area contributed by atoms with E-state index in [1.807, 2.05) is 12.1 Å². The van der Waals surface area contributed by atoms with Crippen LogP contribution in [0.2, 0.25) is 0 Å². The maximum atomic E-state index is 4.61. The molecular formula is C12H14BrN3. The van der Waals surface area contributed by atoms with E-state index in [0.29, 0.717) is 6.04 Å². The molecule has 1 aliphatic rings. The summed E-state index contributed by atoms with van der Waals surface area (Å²) in [5, 5.41) is 9.30. The molecule has 2 aromatic rings. The molecule has 4 heteroatoms. The van der Waals surface area contributed by atoms with Crippen LogP contribution in [0.15, 0.2) is 28.9 Å². The van der Waals surface area contributed by atoms with Crippen LogP contribution >= 0.6 is 15.9 Å². The predicted molar refractivity (Wildman–Crippen MR) is 68.5 cm³/mol. The summed E-state index contributed by atoms with van der Waals surface area (Å²) in [5.41, 5.74) is 1.06. The fourth-order valence-electron chi connectivity index (χ4n) is 2.29. The Morgan fingerprint density at radius 2 is 2.44 bits per heavy atom. The Hall–Kier alpha value is -0.870. The third kappa shape index (κ3) is 1.87. The normalized spacial score (nSPS) is 20.7. The number of hydrogen-bond acceptors (Lipinski definition) is 2. The number of nitrogens with zero attached hydrogens (tertiary/aromatic N) is 2. The molecule has 1 aromatic carbocycles. The van der Waals surface area contributed by atoms with Gasteiger partial charge >= 0.3 is 0 Å². The van der Waals surface area contributed by atoms with Crippen LogP contribution < -0.4 is 5.32 Å². The molecule has 1 unspecified atom stereocenters. The van der Waals surface area contributed by atoms with Gasteiger partial charge in [-0.2, -0.15) is 5.10 Å². The summed E-state index contributed by atoms with van der Waals surface area (Å²) >= 11 is 3.53. The molecule has 0 saturated carbocycles. The zero-order chi connectivity index (χ0) is 11.0. The van der Waals surface area contributed by atoms with Crippen molar-refractivity contribution in [2.24, 2.45) is 0 Å². The van der Waals surface area contributed by atoms with Crippen molar-refractivity contribution in [3.05, 3.63) is 28.9 Å².